The van der Waals surface area contributed by atoms with Crippen LogP contribution in [0.2, 0.25) is 0 Å². The van der Waals surface area contributed by atoms with E-state index < -0.39 is 0 Å². The SMILES string of the molecule is Cn1cncc1[C@@H]1C[C@@H](NC(=O)c2cccc3c2CCC3)CCO1. The number of carbonyl (C=O) groups is 1. The summed E-state index contributed by atoms with van der Waals surface area (Å²) in [4.78, 5) is 16.9. The van der Waals surface area contributed by atoms with Crippen LogP contribution in [0.15, 0.2) is 30.7 Å². The number of nitrogens with one attached hydrogen (secondary N) is 1. The molecule has 1 aliphatic heterocycles. The van der Waals surface area contributed by atoms with E-state index in [1.54, 1.807) is 6.33 Å². The van der Waals surface area contributed by atoms with Gasteiger partial charge in [0.25, 0.3) is 5.91 Å². The molecule has 2 atom stereocenters. The van der Waals surface area contributed by atoms with Crippen molar-refractivity contribution in [1.82, 2.24) is 14.9 Å². The van der Waals surface area contributed by atoms with E-state index in [4.69, 9.17) is 4.74 Å². The van der Waals surface area contributed by atoms with Crippen LogP contribution in [-0.4, -0.2) is 28.1 Å². The second kappa shape index (κ2) is 6.40. The molecule has 2 aliphatic rings. The number of ether oxygens (including phenoxy) is 1. The summed E-state index contributed by atoms with van der Waals surface area (Å²) in [5.41, 5.74) is 4.50. The van der Waals surface area contributed by atoms with Gasteiger partial charge in [0.1, 0.15) is 6.10 Å². The van der Waals surface area contributed by atoms with Crippen LogP contribution < -0.4 is 5.32 Å². The van der Waals surface area contributed by atoms with Gasteiger partial charge in [0.15, 0.2) is 0 Å². The van der Waals surface area contributed by atoms with Crippen molar-refractivity contribution in [2.75, 3.05) is 6.61 Å². The fourth-order valence-corrected chi connectivity index (χ4v) is 3.91. The number of rotatable bonds is 3. The van der Waals surface area contributed by atoms with Crippen molar-refractivity contribution in [3.63, 3.8) is 0 Å². The molecule has 1 aliphatic carbocycles. The number of carbonyl (C=O) groups excluding carboxylic acids is 1. The molecule has 24 heavy (non-hydrogen) atoms. The summed E-state index contributed by atoms with van der Waals surface area (Å²) in [6, 6.07) is 6.24. The van der Waals surface area contributed by atoms with E-state index in [0.29, 0.717) is 6.61 Å². The maximum Gasteiger partial charge on any atom is 0.251 e. The highest BCUT2D eigenvalue weighted by molar-refractivity contribution is 5.96. The van der Waals surface area contributed by atoms with Crippen molar-refractivity contribution >= 4 is 5.91 Å². The van der Waals surface area contributed by atoms with E-state index in [1.165, 1.54) is 11.1 Å². The minimum Gasteiger partial charge on any atom is -0.372 e. The first kappa shape index (κ1) is 15.4. The molecule has 1 aromatic carbocycles. The Morgan fingerprint density at radius 1 is 1.38 bits per heavy atom. The van der Waals surface area contributed by atoms with E-state index in [-0.39, 0.29) is 18.1 Å². The Kier molecular flexibility index (Phi) is 4.10. The van der Waals surface area contributed by atoms with E-state index >= 15 is 0 Å². The molecule has 2 heterocycles. The van der Waals surface area contributed by atoms with Gasteiger partial charge in [-0.2, -0.15) is 0 Å². The fraction of sp³-hybridized carbons (Fsp3) is 0.474. The highest BCUT2D eigenvalue weighted by atomic mass is 16.5. The average Bonchev–Trinajstić information content (AvgIpc) is 3.23. The van der Waals surface area contributed by atoms with Crippen LogP contribution >= 0.6 is 0 Å². The molecule has 1 aromatic heterocycles. The van der Waals surface area contributed by atoms with Crippen molar-refractivity contribution < 1.29 is 9.53 Å². The monoisotopic (exact) mass is 325 g/mol. The number of fused-ring (bicyclic) bond motifs is 1. The Bertz CT molecular complexity index is 753. The van der Waals surface area contributed by atoms with Crippen LogP contribution in [0.3, 0.4) is 0 Å². The zero-order chi connectivity index (χ0) is 16.5. The third-order valence-corrected chi connectivity index (χ3v) is 5.19. The largest absolute Gasteiger partial charge is 0.372 e. The van der Waals surface area contributed by atoms with Crippen molar-refractivity contribution in [3.05, 3.63) is 53.1 Å². The molecule has 5 heteroatoms. The van der Waals surface area contributed by atoms with Crippen LogP contribution in [0.5, 0.6) is 0 Å². The summed E-state index contributed by atoms with van der Waals surface area (Å²) in [6.45, 7) is 0.660. The van der Waals surface area contributed by atoms with Gasteiger partial charge in [-0.05, 0) is 49.3 Å². The second-order valence-electron chi connectivity index (χ2n) is 6.78. The Morgan fingerprint density at radius 2 is 2.29 bits per heavy atom. The van der Waals surface area contributed by atoms with Gasteiger partial charge in [-0.25, -0.2) is 4.98 Å². The molecule has 1 amide bonds. The maximum absolute atomic E-state index is 12.8. The summed E-state index contributed by atoms with van der Waals surface area (Å²) in [6.07, 6.45) is 8.54. The topological polar surface area (TPSA) is 56.2 Å². The Hall–Kier alpha value is -2.14. The number of amides is 1. The Morgan fingerprint density at radius 3 is 3.12 bits per heavy atom. The predicted molar refractivity (Wildman–Crippen MR) is 90.9 cm³/mol. The predicted octanol–water partition coefficient (Wildman–Crippen LogP) is 2.56. The third-order valence-electron chi connectivity index (χ3n) is 5.19. The molecular formula is C19H23N3O2. The average molecular weight is 325 g/mol. The van der Waals surface area contributed by atoms with E-state index in [0.717, 1.165) is 43.4 Å². The van der Waals surface area contributed by atoms with Crippen LogP contribution in [0.4, 0.5) is 0 Å². The molecule has 5 nitrogen and oxygen atoms in total. The molecule has 1 N–H and O–H groups in total. The second-order valence-corrected chi connectivity index (χ2v) is 6.78. The summed E-state index contributed by atoms with van der Waals surface area (Å²) in [5, 5.41) is 3.23. The minimum absolute atomic E-state index is 0.00182. The number of hydrogen-bond donors (Lipinski definition) is 1. The first-order chi connectivity index (χ1) is 11.7. The zero-order valence-corrected chi connectivity index (χ0v) is 14.0. The molecule has 4 rings (SSSR count). The van der Waals surface area contributed by atoms with Gasteiger partial charge < -0.3 is 14.6 Å². The number of aryl methyl sites for hydroxylation is 2. The molecule has 2 aromatic rings. The van der Waals surface area contributed by atoms with E-state index in [9.17, 15) is 4.79 Å². The highest BCUT2D eigenvalue weighted by Crippen LogP contribution is 2.29. The normalized spacial score (nSPS) is 23.0. The number of imidazole rings is 1. The van der Waals surface area contributed by atoms with Crippen LogP contribution in [0.1, 0.15) is 52.5 Å². The van der Waals surface area contributed by atoms with Gasteiger partial charge in [-0.1, -0.05) is 12.1 Å². The third kappa shape index (κ3) is 2.84. The van der Waals surface area contributed by atoms with E-state index in [2.05, 4.69) is 16.4 Å². The molecule has 126 valence electrons. The molecule has 0 unspecified atom stereocenters. The van der Waals surface area contributed by atoms with Gasteiger partial charge in [0, 0.05) is 25.3 Å². The standard InChI is InChI=1S/C19H23N3O2/c1-22-12-20-11-17(22)18-10-14(8-9-24-18)21-19(23)16-7-3-5-13-4-2-6-15(13)16/h3,5,7,11-12,14,18H,2,4,6,8-10H2,1H3,(H,21,23)/t14-,18-/m0/s1. The summed E-state index contributed by atoms with van der Waals surface area (Å²) < 4.78 is 7.87. The quantitative estimate of drug-likeness (QED) is 0.943. The van der Waals surface area contributed by atoms with Crippen molar-refractivity contribution in [2.24, 2.45) is 7.05 Å². The first-order valence-electron chi connectivity index (χ1n) is 8.72. The number of nitrogens with zero attached hydrogens (tertiary/aromatic N) is 2. The summed E-state index contributed by atoms with van der Waals surface area (Å²) >= 11 is 0. The van der Waals surface area contributed by atoms with Gasteiger partial charge in [0.05, 0.1) is 18.2 Å². The van der Waals surface area contributed by atoms with Crippen LogP contribution in [-0.2, 0) is 24.6 Å². The zero-order valence-electron chi connectivity index (χ0n) is 14.0. The smallest absolute Gasteiger partial charge is 0.251 e. The number of benzene rings is 1. The fourth-order valence-electron chi connectivity index (χ4n) is 3.91. The van der Waals surface area contributed by atoms with Gasteiger partial charge in [-0.3, -0.25) is 4.79 Å². The molecule has 0 bridgehead atoms. The van der Waals surface area contributed by atoms with Crippen molar-refractivity contribution in [1.29, 1.82) is 0 Å². The van der Waals surface area contributed by atoms with Crippen LogP contribution in [0.25, 0.3) is 0 Å². The molecule has 0 radical (unpaired) electrons. The number of hydrogen-bond acceptors (Lipinski definition) is 3. The van der Waals surface area contributed by atoms with Crippen LogP contribution in [0, 0.1) is 0 Å². The lowest BCUT2D eigenvalue weighted by Crippen LogP contribution is -2.40. The highest BCUT2D eigenvalue weighted by Gasteiger charge is 2.28. The maximum atomic E-state index is 12.8. The van der Waals surface area contributed by atoms with E-state index in [1.807, 2.05) is 29.9 Å². The van der Waals surface area contributed by atoms with Crippen molar-refractivity contribution in [2.45, 2.75) is 44.2 Å². The minimum atomic E-state index is -0.00182. The Labute approximate surface area is 142 Å². The Balaban J connectivity index is 1.46. The molecule has 1 fully saturated rings. The lowest BCUT2D eigenvalue weighted by Gasteiger charge is -2.30. The lowest BCUT2D eigenvalue weighted by molar-refractivity contribution is -0.00302. The molecule has 0 saturated carbocycles. The van der Waals surface area contributed by atoms with Crippen molar-refractivity contribution in [3.8, 4) is 0 Å². The van der Waals surface area contributed by atoms with Gasteiger partial charge in [-0.15, -0.1) is 0 Å². The molecule has 0 spiro atoms. The summed E-state index contributed by atoms with van der Waals surface area (Å²) in [7, 11) is 1.97. The summed E-state index contributed by atoms with van der Waals surface area (Å²) in [5.74, 6) is 0.0596. The van der Waals surface area contributed by atoms with Gasteiger partial charge in [0.2, 0.25) is 0 Å². The molecule has 1 saturated heterocycles. The number of aromatic nitrogens is 2. The lowest BCUT2D eigenvalue weighted by atomic mass is 9.99. The van der Waals surface area contributed by atoms with Gasteiger partial charge >= 0.3 is 0 Å². The molecular weight excluding hydrogens is 302 g/mol. The first-order valence-corrected chi connectivity index (χ1v) is 8.72.